The molecule has 0 radical (unpaired) electrons. The minimum absolute atomic E-state index is 0.140. The fraction of sp³-hybridized carbons (Fsp3) is 0. The van der Waals surface area contributed by atoms with Crippen LogP contribution in [0.3, 0.4) is 0 Å². The molecule has 24 heavy (non-hydrogen) atoms. The number of rotatable bonds is 3. The normalized spacial score (nSPS) is 11.4. The van der Waals surface area contributed by atoms with Crippen molar-refractivity contribution in [3.8, 4) is 6.07 Å². The number of hydrogen-bond donors (Lipinski definition) is 2. The van der Waals surface area contributed by atoms with E-state index in [0.29, 0.717) is 28.1 Å². The summed E-state index contributed by atoms with van der Waals surface area (Å²) in [5.74, 6) is -2.08. The molecule has 0 atom stereocenters. The predicted octanol–water partition coefficient (Wildman–Crippen LogP) is 3.77. The zero-order valence-corrected chi connectivity index (χ0v) is 13.3. The van der Waals surface area contributed by atoms with Gasteiger partial charge in [0.25, 0.3) is 10.0 Å². The number of sulfonamides is 1. The van der Waals surface area contributed by atoms with Crippen LogP contribution in [0, 0.1) is 23.0 Å². The molecule has 0 amide bonds. The lowest BCUT2D eigenvalue weighted by Crippen LogP contribution is -2.14. The highest BCUT2D eigenvalue weighted by molar-refractivity contribution is 7.93. The first kappa shape index (κ1) is 16.2. The van der Waals surface area contributed by atoms with Crippen molar-refractivity contribution in [3.05, 3.63) is 58.7 Å². The Morgan fingerprint density at radius 1 is 1.17 bits per heavy atom. The fourth-order valence-corrected chi connectivity index (χ4v) is 3.61. The molecule has 0 unspecified atom stereocenters. The Kier molecular flexibility index (Phi) is 3.91. The maximum Gasteiger partial charge on any atom is 0.264 e. The Morgan fingerprint density at radius 3 is 2.62 bits per heavy atom. The lowest BCUT2D eigenvalue weighted by molar-refractivity contribution is 0.593. The molecule has 0 aliphatic rings. The number of anilines is 1. The Hall–Kier alpha value is -2.63. The van der Waals surface area contributed by atoms with E-state index < -0.39 is 32.9 Å². The zero-order chi connectivity index (χ0) is 17.5. The summed E-state index contributed by atoms with van der Waals surface area (Å²) < 4.78 is 54.4. The second kappa shape index (κ2) is 5.78. The van der Waals surface area contributed by atoms with E-state index in [1.165, 1.54) is 30.5 Å². The van der Waals surface area contributed by atoms with Crippen LogP contribution in [0.1, 0.15) is 5.56 Å². The van der Waals surface area contributed by atoms with Gasteiger partial charge in [-0.05, 0) is 24.3 Å². The Labute approximate surface area is 140 Å². The van der Waals surface area contributed by atoms with E-state index in [-0.39, 0.29) is 4.90 Å². The van der Waals surface area contributed by atoms with Crippen LogP contribution < -0.4 is 4.72 Å². The summed E-state index contributed by atoms with van der Waals surface area (Å²) in [5, 5.41) is 9.41. The number of fused-ring (bicyclic) bond motifs is 1. The molecule has 3 aromatic rings. The second-order valence-corrected chi connectivity index (χ2v) is 6.96. The Morgan fingerprint density at radius 2 is 1.92 bits per heavy atom. The molecule has 0 fully saturated rings. The highest BCUT2D eigenvalue weighted by Crippen LogP contribution is 2.28. The van der Waals surface area contributed by atoms with Crippen LogP contribution in [-0.4, -0.2) is 13.4 Å². The van der Waals surface area contributed by atoms with Gasteiger partial charge in [0.15, 0.2) is 0 Å². The average molecular weight is 368 g/mol. The largest absolute Gasteiger partial charge is 0.360 e. The summed E-state index contributed by atoms with van der Waals surface area (Å²) in [6.45, 7) is 0. The topological polar surface area (TPSA) is 85.8 Å². The van der Waals surface area contributed by atoms with Crippen molar-refractivity contribution in [2.45, 2.75) is 4.90 Å². The SMILES string of the molecule is N#Cc1cc(F)c(NS(=O)(=O)c2c[nH]c3cc(Cl)ccc23)cc1F. The van der Waals surface area contributed by atoms with Crippen molar-refractivity contribution in [2.24, 2.45) is 0 Å². The number of aromatic nitrogens is 1. The summed E-state index contributed by atoms with van der Waals surface area (Å²) >= 11 is 5.84. The van der Waals surface area contributed by atoms with Gasteiger partial charge < -0.3 is 4.98 Å². The number of benzene rings is 2. The summed E-state index contributed by atoms with van der Waals surface area (Å²) in [5.41, 5.74) is -0.624. The van der Waals surface area contributed by atoms with Gasteiger partial charge in [-0.15, -0.1) is 0 Å². The molecule has 0 aliphatic carbocycles. The summed E-state index contributed by atoms with van der Waals surface area (Å²) in [6, 6.07) is 7.27. The van der Waals surface area contributed by atoms with Crippen LogP contribution in [0.5, 0.6) is 0 Å². The first-order valence-electron chi connectivity index (χ1n) is 6.50. The molecule has 0 spiro atoms. The van der Waals surface area contributed by atoms with Gasteiger partial charge in [0, 0.05) is 28.2 Å². The van der Waals surface area contributed by atoms with E-state index in [9.17, 15) is 17.2 Å². The number of hydrogen-bond acceptors (Lipinski definition) is 3. The predicted molar refractivity (Wildman–Crippen MR) is 85.2 cm³/mol. The first-order chi connectivity index (χ1) is 11.3. The minimum Gasteiger partial charge on any atom is -0.360 e. The molecule has 0 saturated heterocycles. The molecule has 3 rings (SSSR count). The Bertz CT molecular complexity index is 1100. The van der Waals surface area contributed by atoms with Crippen molar-refractivity contribution in [1.29, 1.82) is 5.26 Å². The van der Waals surface area contributed by atoms with E-state index in [2.05, 4.69) is 4.98 Å². The first-order valence-corrected chi connectivity index (χ1v) is 8.36. The number of aromatic amines is 1. The van der Waals surface area contributed by atoms with Crippen LogP contribution in [0.4, 0.5) is 14.5 Å². The van der Waals surface area contributed by atoms with E-state index in [0.717, 1.165) is 0 Å². The van der Waals surface area contributed by atoms with E-state index in [1.54, 1.807) is 0 Å². The molecular weight excluding hydrogens is 360 g/mol. The number of nitriles is 1. The standard InChI is InChI=1S/C15H8ClF2N3O2S/c16-9-1-2-10-13(4-9)20-7-15(10)24(22,23)21-14-5-11(17)8(6-19)3-12(14)18/h1-5,7,20-21H. The lowest BCUT2D eigenvalue weighted by atomic mass is 10.2. The number of H-pyrrole nitrogens is 1. The summed E-state index contributed by atoms with van der Waals surface area (Å²) in [6.07, 6.45) is 1.22. The van der Waals surface area contributed by atoms with Crippen molar-refractivity contribution in [2.75, 3.05) is 4.72 Å². The van der Waals surface area contributed by atoms with Crippen LogP contribution in [0.2, 0.25) is 5.02 Å². The van der Waals surface area contributed by atoms with Crippen LogP contribution in [0.25, 0.3) is 10.9 Å². The van der Waals surface area contributed by atoms with Crippen LogP contribution in [-0.2, 0) is 10.0 Å². The molecule has 122 valence electrons. The van der Waals surface area contributed by atoms with Gasteiger partial charge in [-0.2, -0.15) is 5.26 Å². The van der Waals surface area contributed by atoms with Gasteiger partial charge >= 0.3 is 0 Å². The van der Waals surface area contributed by atoms with Crippen molar-refractivity contribution in [3.63, 3.8) is 0 Å². The molecule has 0 bridgehead atoms. The van der Waals surface area contributed by atoms with Crippen LogP contribution in [0.15, 0.2) is 41.4 Å². The fourth-order valence-electron chi connectivity index (χ4n) is 2.20. The van der Waals surface area contributed by atoms with E-state index in [1.807, 2.05) is 4.72 Å². The number of halogens is 3. The third kappa shape index (κ3) is 2.79. The molecular formula is C15H8ClF2N3O2S. The number of nitrogens with one attached hydrogen (secondary N) is 2. The summed E-state index contributed by atoms with van der Waals surface area (Å²) in [4.78, 5) is 2.61. The summed E-state index contributed by atoms with van der Waals surface area (Å²) in [7, 11) is -4.18. The molecule has 0 aliphatic heterocycles. The molecule has 2 N–H and O–H groups in total. The quantitative estimate of drug-likeness (QED) is 0.738. The van der Waals surface area contributed by atoms with E-state index >= 15 is 0 Å². The lowest BCUT2D eigenvalue weighted by Gasteiger charge is -2.09. The highest BCUT2D eigenvalue weighted by atomic mass is 35.5. The second-order valence-electron chi connectivity index (χ2n) is 4.87. The Balaban J connectivity index is 2.06. The molecule has 1 aromatic heterocycles. The zero-order valence-electron chi connectivity index (χ0n) is 11.8. The van der Waals surface area contributed by atoms with Crippen LogP contribution >= 0.6 is 11.6 Å². The third-order valence-corrected chi connectivity index (χ3v) is 4.96. The van der Waals surface area contributed by atoms with Crippen molar-refractivity contribution < 1.29 is 17.2 Å². The van der Waals surface area contributed by atoms with Gasteiger partial charge in [0.2, 0.25) is 0 Å². The van der Waals surface area contributed by atoms with Gasteiger partial charge in [-0.3, -0.25) is 4.72 Å². The van der Waals surface area contributed by atoms with E-state index in [4.69, 9.17) is 16.9 Å². The maximum absolute atomic E-state index is 13.9. The average Bonchev–Trinajstić information content (AvgIpc) is 2.94. The van der Waals surface area contributed by atoms with Gasteiger partial charge in [0.05, 0.1) is 11.3 Å². The smallest absolute Gasteiger partial charge is 0.264 e. The minimum atomic E-state index is -4.18. The molecule has 1 heterocycles. The molecule has 9 heteroatoms. The highest BCUT2D eigenvalue weighted by Gasteiger charge is 2.21. The van der Waals surface area contributed by atoms with Crippen molar-refractivity contribution >= 4 is 38.2 Å². The third-order valence-electron chi connectivity index (χ3n) is 3.32. The van der Waals surface area contributed by atoms with Gasteiger partial charge in [-0.1, -0.05) is 11.6 Å². The number of nitrogens with zero attached hydrogens (tertiary/aromatic N) is 1. The molecule has 2 aromatic carbocycles. The molecule has 0 saturated carbocycles. The molecule has 5 nitrogen and oxygen atoms in total. The monoisotopic (exact) mass is 367 g/mol. The van der Waals surface area contributed by atoms with Gasteiger partial charge in [-0.25, -0.2) is 17.2 Å². The van der Waals surface area contributed by atoms with Gasteiger partial charge in [0.1, 0.15) is 22.6 Å². The van der Waals surface area contributed by atoms with Crippen molar-refractivity contribution in [1.82, 2.24) is 4.98 Å². The maximum atomic E-state index is 13.9.